The van der Waals surface area contributed by atoms with Crippen LogP contribution >= 0.6 is 0 Å². The first kappa shape index (κ1) is 12.8. The van der Waals surface area contributed by atoms with Crippen LogP contribution in [0.3, 0.4) is 0 Å². The van der Waals surface area contributed by atoms with Crippen molar-refractivity contribution in [3.63, 3.8) is 0 Å². The third-order valence-corrected chi connectivity index (χ3v) is 4.30. The maximum absolute atomic E-state index is 12.1. The topological polar surface area (TPSA) is 35.6 Å². The lowest BCUT2D eigenvalue weighted by molar-refractivity contribution is -0.133. The zero-order valence-corrected chi connectivity index (χ0v) is 11.3. The molecule has 0 radical (unpaired) electrons. The lowest BCUT2D eigenvalue weighted by Gasteiger charge is -2.37. The van der Waals surface area contributed by atoms with Crippen molar-refractivity contribution in [2.45, 2.75) is 38.8 Å². The van der Waals surface area contributed by atoms with Gasteiger partial charge in [-0.1, -0.05) is 0 Å². The molecule has 0 aromatic rings. The summed E-state index contributed by atoms with van der Waals surface area (Å²) in [7, 11) is 1.90. The Bertz CT molecular complexity index is 280. The molecule has 0 spiro atoms. The van der Waals surface area contributed by atoms with Crippen LogP contribution in [0.1, 0.15) is 26.7 Å². The van der Waals surface area contributed by atoms with Crippen LogP contribution < -0.4 is 5.32 Å². The van der Waals surface area contributed by atoms with Gasteiger partial charge < -0.3 is 10.2 Å². The van der Waals surface area contributed by atoms with E-state index in [0.29, 0.717) is 18.6 Å². The van der Waals surface area contributed by atoms with E-state index in [9.17, 15) is 4.79 Å². The third-order valence-electron chi connectivity index (χ3n) is 4.30. The maximum Gasteiger partial charge on any atom is 0.236 e. The van der Waals surface area contributed by atoms with E-state index in [1.165, 1.54) is 12.8 Å². The molecule has 0 aromatic carbocycles. The molecular formula is C13H25N3O. The average Bonchev–Trinajstić information content (AvgIpc) is 2.76. The largest absolute Gasteiger partial charge is 0.342 e. The Labute approximate surface area is 104 Å². The number of carbonyl (C=O) groups is 1. The van der Waals surface area contributed by atoms with Crippen molar-refractivity contribution in [3.8, 4) is 0 Å². The summed E-state index contributed by atoms with van der Waals surface area (Å²) in [6, 6.07) is 0.887. The van der Waals surface area contributed by atoms with Crippen molar-refractivity contribution >= 4 is 5.91 Å². The van der Waals surface area contributed by atoms with Gasteiger partial charge in [0.2, 0.25) is 5.91 Å². The van der Waals surface area contributed by atoms with Gasteiger partial charge in [0.1, 0.15) is 0 Å². The van der Waals surface area contributed by atoms with Gasteiger partial charge in [0.15, 0.2) is 0 Å². The molecule has 0 saturated carbocycles. The lowest BCUT2D eigenvalue weighted by atomic mass is 9.92. The predicted molar refractivity (Wildman–Crippen MR) is 68.9 cm³/mol. The molecule has 2 rings (SSSR count). The molecule has 98 valence electrons. The zero-order valence-electron chi connectivity index (χ0n) is 11.3. The van der Waals surface area contributed by atoms with E-state index in [0.717, 1.165) is 25.6 Å². The molecule has 2 atom stereocenters. The number of likely N-dealkylation sites (tertiary alicyclic amines) is 1. The Hall–Kier alpha value is -0.610. The van der Waals surface area contributed by atoms with Crippen LogP contribution in [-0.2, 0) is 4.79 Å². The second-order valence-corrected chi connectivity index (χ2v) is 5.70. The number of likely N-dealkylation sites (N-methyl/N-ethyl adjacent to an activating group) is 1. The van der Waals surface area contributed by atoms with E-state index < -0.39 is 0 Å². The van der Waals surface area contributed by atoms with Crippen molar-refractivity contribution in [3.05, 3.63) is 0 Å². The Morgan fingerprint density at radius 3 is 2.94 bits per heavy atom. The SMILES string of the molecule is CC(C)N(C)C(=O)CN1CCCC2CNCC21. The normalized spacial score (nSPS) is 29.4. The van der Waals surface area contributed by atoms with Crippen LogP contribution in [0.2, 0.25) is 0 Å². The molecule has 1 N–H and O–H groups in total. The van der Waals surface area contributed by atoms with Crippen LogP contribution in [0.5, 0.6) is 0 Å². The summed E-state index contributed by atoms with van der Waals surface area (Å²) in [4.78, 5) is 16.3. The van der Waals surface area contributed by atoms with E-state index in [1.54, 1.807) is 0 Å². The van der Waals surface area contributed by atoms with Gasteiger partial charge in [-0.3, -0.25) is 9.69 Å². The van der Waals surface area contributed by atoms with Gasteiger partial charge in [-0.05, 0) is 45.7 Å². The number of fused-ring (bicyclic) bond motifs is 1. The highest BCUT2D eigenvalue weighted by atomic mass is 16.2. The number of piperidine rings is 1. The Morgan fingerprint density at radius 2 is 2.24 bits per heavy atom. The first-order chi connectivity index (χ1) is 8.09. The quantitative estimate of drug-likeness (QED) is 0.781. The minimum atomic E-state index is 0.257. The molecule has 2 unspecified atom stereocenters. The molecule has 17 heavy (non-hydrogen) atoms. The number of carbonyl (C=O) groups excluding carboxylic acids is 1. The molecule has 2 saturated heterocycles. The second-order valence-electron chi connectivity index (χ2n) is 5.70. The Kier molecular flexibility index (Phi) is 4.05. The highest BCUT2D eigenvalue weighted by Crippen LogP contribution is 2.26. The highest BCUT2D eigenvalue weighted by molar-refractivity contribution is 5.78. The maximum atomic E-state index is 12.1. The zero-order chi connectivity index (χ0) is 12.4. The summed E-state index contributed by atoms with van der Waals surface area (Å²) < 4.78 is 0. The standard InChI is InChI=1S/C13H25N3O/c1-10(2)15(3)13(17)9-16-6-4-5-11-7-14-8-12(11)16/h10-12,14H,4-9H2,1-3H3. The fourth-order valence-corrected chi connectivity index (χ4v) is 2.93. The minimum Gasteiger partial charge on any atom is -0.342 e. The number of rotatable bonds is 3. The van der Waals surface area contributed by atoms with Gasteiger partial charge in [-0.25, -0.2) is 0 Å². The van der Waals surface area contributed by atoms with Crippen LogP contribution in [0.25, 0.3) is 0 Å². The van der Waals surface area contributed by atoms with Crippen molar-refractivity contribution in [2.24, 2.45) is 5.92 Å². The smallest absolute Gasteiger partial charge is 0.236 e. The molecule has 2 fully saturated rings. The van der Waals surface area contributed by atoms with E-state index in [4.69, 9.17) is 0 Å². The molecule has 1 amide bonds. The lowest BCUT2D eigenvalue weighted by Crippen LogP contribution is -2.50. The molecule has 0 aliphatic carbocycles. The van der Waals surface area contributed by atoms with Gasteiger partial charge in [0.05, 0.1) is 6.54 Å². The highest BCUT2D eigenvalue weighted by Gasteiger charge is 2.35. The molecule has 4 heteroatoms. The summed E-state index contributed by atoms with van der Waals surface area (Å²) >= 11 is 0. The van der Waals surface area contributed by atoms with Crippen LogP contribution in [0.15, 0.2) is 0 Å². The van der Waals surface area contributed by atoms with E-state index in [-0.39, 0.29) is 5.91 Å². The van der Waals surface area contributed by atoms with Gasteiger partial charge in [-0.15, -0.1) is 0 Å². The molecule has 4 nitrogen and oxygen atoms in total. The van der Waals surface area contributed by atoms with E-state index in [1.807, 2.05) is 11.9 Å². The summed E-state index contributed by atoms with van der Waals surface area (Å²) in [5.41, 5.74) is 0. The Morgan fingerprint density at radius 1 is 1.47 bits per heavy atom. The fourth-order valence-electron chi connectivity index (χ4n) is 2.93. The van der Waals surface area contributed by atoms with Crippen LogP contribution in [0.4, 0.5) is 0 Å². The second kappa shape index (κ2) is 5.36. The van der Waals surface area contributed by atoms with Crippen molar-refractivity contribution in [2.75, 3.05) is 33.2 Å². The van der Waals surface area contributed by atoms with E-state index >= 15 is 0 Å². The molecule has 2 aliphatic heterocycles. The molecule has 2 heterocycles. The summed E-state index contributed by atoms with van der Waals surface area (Å²) in [6.45, 7) is 8.00. The van der Waals surface area contributed by atoms with Crippen LogP contribution in [0, 0.1) is 5.92 Å². The first-order valence-corrected chi connectivity index (χ1v) is 6.80. The third kappa shape index (κ3) is 2.80. The fraction of sp³-hybridized carbons (Fsp3) is 0.923. The molecular weight excluding hydrogens is 214 g/mol. The predicted octanol–water partition coefficient (Wildman–Crippen LogP) is 0.537. The van der Waals surface area contributed by atoms with Crippen molar-refractivity contribution in [1.82, 2.24) is 15.1 Å². The number of nitrogens with one attached hydrogen (secondary N) is 1. The summed E-state index contributed by atoms with van der Waals surface area (Å²) in [5.74, 6) is 1.02. The summed E-state index contributed by atoms with van der Waals surface area (Å²) in [6.07, 6.45) is 2.56. The first-order valence-electron chi connectivity index (χ1n) is 6.80. The number of hydrogen-bond donors (Lipinski definition) is 1. The summed E-state index contributed by atoms with van der Waals surface area (Å²) in [5, 5.41) is 3.45. The molecule has 0 bridgehead atoms. The molecule has 0 aromatic heterocycles. The number of amides is 1. The van der Waals surface area contributed by atoms with E-state index in [2.05, 4.69) is 24.1 Å². The van der Waals surface area contributed by atoms with Crippen LogP contribution in [-0.4, -0.2) is 61.0 Å². The minimum absolute atomic E-state index is 0.257. The molecule has 2 aliphatic rings. The van der Waals surface area contributed by atoms with Crippen molar-refractivity contribution in [1.29, 1.82) is 0 Å². The van der Waals surface area contributed by atoms with Gasteiger partial charge in [-0.2, -0.15) is 0 Å². The monoisotopic (exact) mass is 239 g/mol. The van der Waals surface area contributed by atoms with Gasteiger partial charge in [0, 0.05) is 25.7 Å². The average molecular weight is 239 g/mol. The van der Waals surface area contributed by atoms with Gasteiger partial charge in [0.25, 0.3) is 0 Å². The Balaban J connectivity index is 1.91. The number of hydrogen-bond acceptors (Lipinski definition) is 3. The van der Waals surface area contributed by atoms with Gasteiger partial charge >= 0.3 is 0 Å². The number of nitrogens with zero attached hydrogens (tertiary/aromatic N) is 2. The van der Waals surface area contributed by atoms with Crippen molar-refractivity contribution < 1.29 is 4.79 Å².